The summed E-state index contributed by atoms with van der Waals surface area (Å²) in [6.45, 7) is 3.95. The molecule has 0 radical (unpaired) electrons. The molecule has 0 N–H and O–H groups in total. The van der Waals surface area contributed by atoms with Gasteiger partial charge in [-0.25, -0.2) is 0 Å². The normalized spacial score (nSPS) is 12.3. The molecular formula is C15H15N5O2S. The van der Waals surface area contributed by atoms with E-state index in [2.05, 4.69) is 20.3 Å². The molecule has 8 heteroatoms. The summed E-state index contributed by atoms with van der Waals surface area (Å²) in [6, 6.07) is 7.36. The van der Waals surface area contributed by atoms with Gasteiger partial charge in [-0.2, -0.15) is 9.61 Å². The number of hydrogen-bond acceptors (Lipinski definition) is 7. The highest BCUT2D eigenvalue weighted by molar-refractivity contribution is 8.00. The van der Waals surface area contributed by atoms with E-state index in [1.807, 2.05) is 24.3 Å². The molecule has 118 valence electrons. The van der Waals surface area contributed by atoms with Crippen LogP contribution in [0.3, 0.4) is 0 Å². The number of rotatable bonds is 5. The summed E-state index contributed by atoms with van der Waals surface area (Å²) < 4.78 is 6.66. The number of carbonyl (C=O) groups is 1. The molecule has 3 aromatic rings. The van der Waals surface area contributed by atoms with Gasteiger partial charge in [-0.15, -0.1) is 10.2 Å². The quantitative estimate of drug-likeness (QED) is 0.524. The smallest absolute Gasteiger partial charge is 0.319 e. The Kier molecular flexibility index (Phi) is 4.52. The second kappa shape index (κ2) is 6.74. The van der Waals surface area contributed by atoms with Gasteiger partial charge in [0, 0.05) is 18.0 Å². The van der Waals surface area contributed by atoms with Gasteiger partial charge < -0.3 is 4.74 Å². The third kappa shape index (κ3) is 3.31. The average Bonchev–Trinajstić information content (AvgIpc) is 2.99. The van der Waals surface area contributed by atoms with E-state index in [0.717, 1.165) is 5.56 Å². The van der Waals surface area contributed by atoms with Gasteiger partial charge in [0.15, 0.2) is 11.5 Å². The topological polar surface area (TPSA) is 82.3 Å². The lowest BCUT2D eigenvalue weighted by molar-refractivity contribution is -0.142. The van der Waals surface area contributed by atoms with Crippen molar-refractivity contribution in [1.82, 2.24) is 24.8 Å². The zero-order valence-corrected chi connectivity index (χ0v) is 13.5. The molecule has 0 saturated heterocycles. The minimum atomic E-state index is -0.335. The molecule has 0 aliphatic heterocycles. The molecule has 0 bridgehead atoms. The first-order valence-electron chi connectivity index (χ1n) is 7.15. The van der Waals surface area contributed by atoms with Crippen molar-refractivity contribution in [2.45, 2.75) is 24.1 Å². The molecule has 1 unspecified atom stereocenters. The van der Waals surface area contributed by atoms with E-state index in [1.54, 1.807) is 30.8 Å². The third-order valence-electron chi connectivity index (χ3n) is 3.07. The predicted octanol–water partition coefficient (Wildman–Crippen LogP) is 2.23. The van der Waals surface area contributed by atoms with Crippen LogP contribution in [0.25, 0.3) is 17.0 Å². The van der Waals surface area contributed by atoms with Crippen molar-refractivity contribution in [2.24, 2.45) is 0 Å². The molecule has 0 aliphatic carbocycles. The van der Waals surface area contributed by atoms with Crippen LogP contribution in [0.15, 0.2) is 41.7 Å². The fourth-order valence-electron chi connectivity index (χ4n) is 2.00. The van der Waals surface area contributed by atoms with Crippen LogP contribution < -0.4 is 0 Å². The van der Waals surface area contributed by atoms with Gasteiger partial charge in [0.25, 0.3) is 0 Å². The van der Waals surface area contributed by atoms with Crippen molar-refractivity contribution in [2.75, 3.05) is 6.61 Å². The van der Waals surface area contributed by atoms with Gasteiger partial charge >= 0.3 is 5.97 Å². The van der Waals surface area contributed by atoms with Crippen LogP contribution in [0.4, 0.5) is 0 Å². The predicted molar refractivity (Wildman–Crippen MR) is 86.0 cm³/mol. The van der Waals surface area contributed by atoms with E-state index >= 15 is 0 Å². The van der Waals surface area contributed by atoms with Gasteiger partial charge in [-0.3, -0.25) is 9.78 Å². The maximum absolute atomic E-state index is 11.7. The second-order valence-corrected chi connectivity index (χ2v) is 6.08. The fraction of sp³-hybridized carbons (Fsp3) is 0.267. The first-order valence-corrected chi connectivity index (χ1v) is 8.03. The Labute approximate surface area is 137 Å². The highest BCUT2D eigenvalue weighted by Crippen LogP contribution is 2.23. The highest BCUT2D eigenvalue weighted by atomic mass is 32.2. The van der Waals surface area contributed by atoms with E-state index in [0.29, 0.717) is 23.1 Å². The van der Waals surface area contributed by atoms with Crippen LogP contribution in [0.2, 0.25) is 0 Å². The maximum atomic E-state index is 11.7. The Bertz CT molecular complexity index is 821. The molecule has 7 nitrogen and oxygen atoms in total. The summed E-state index contributed by atoms with van der Waals surface area (Å²) in [4.78, 5) is 15.8. The Morgan fingerprint density at radius 1 is 1.35 bits per heavy atom. The SMILES string of the molecule is CCOC(=O)C(C)Sc1ccc2nnc(-c3cccnc3)n2n1. The van der Waals surface area contributed by atoms with Gasteiger partial charge in [0.05, 0.1) is 6.61 Å². The molecule has 0 aromatic carbocycles. The molecule has 0 saturated carbocycles. The summed E-state index contributed by atoms with van der Waals surface area (Å²) in [6.07, 6.45) is 3.40. The number of ether oxygens (including phenoxy) is 1. The Hall–Kier alpha value is -2.48. The van der Waals surface area contributed by atoms with Crippen LogP contribution in [-0.2, 0) is 9.53 Å². The van der Waals surface area contributed by atoms with E-state index in [4.69, 9.17) is 4.74 Å². The van der Waals surface area contributed by atoms with E-state index in [-0.39, 0.29) is 11.2 Å². The van der Waals surface area contributed by atoms with E-state index < -0.39 is 0 Å². The van der Waals surface area contributed by atoms with Crippen molar-refractivity contribution in [3.05, 3.63) is 36.7 Å². The van der Waals surface area contributed by atoms with E-state index in [1.165, 1.54) is 11.8 Å². The van der Waals surface area contributed by atoms with Gasteiger partial charge in [0.2, 0.25) is 0 Å². The molecule has 1 atom stereocenters. The van der Waals surface area contributed by atoms with Crippen molar-refractivity contribution < 1.29 is 9.53 Å². The lowest BCUT2D eigenvalue weighted by Gasteiger charge is -2.09. The van der Waals surface area contributed by atoms with Crippen molar-refractivity contribution in [1.29, 1.82) is 0 Å². The summed E-state index contributed by atoms with van der Waals surface area (Å²) in [7, 11) is 0. The summed E-state index contributed by atoms with van der Waals surface area (Å²) >= 11 is 1.34. The van der Waals surface area contributed by atoms with Crippen LogP contribution in [0.1, 0.15) is 13.8 Å². The van der Waals surface area contributed by atoms with Gasteiger partial charge in [-0.1, -0.05) is 11.8 Å². The Morgan fingerprint density at radius 2 is 2.22 bits per heavy atom. The Balaban J connectivity index is 1.91. The summed E-state index contributed by atoms with van der Waals surface area (Å²) in [5.41, 5.74) is 1.46. The number of nitrogens with zero attached hydrogens (tertiary/aromatic N) is 5. The number of thioether (sulfide) groups is 1. The number of aromatic nitrogens is 5. The second-order valence-electron chi connectivity index (χ2n) is 4.72. The number of esters is 1. The molecular weight excluding hydrogens is 314 g/mol. The highest BCUT2D eigenvalue weighted by Gasteiger charge is 2.17. The van der Waals surface area contributed by atoms with Crippen LogP contribution >= 0.6 is 11.8 Å². The molecule has 23 heavy (non-hydrogen) atoms. The monoisotopic (exact) mass is 329 g/mol. The molecule has 3 aromatic heterocycles. The molecule has 0 fully saturated rings. The van der Waals surface area contributed by atoms with Crippen molar-refractivity contribution in [3.8, 4) is 11.4 Å². The lowest BCUT2D eigenvalue weighted by atomic mass is 10.3. The maximum Gasteiger partial charge on any atom is 0.319 e. The van der Waals surface area contributed by atoms with Gasteiger partial charge in [0.1, 0.15) is 10.3 Å². The van der Waals surface area contributed by atoms with Gasteiger partial charge in [-0.05, 0) is 38.1 Å². The number of pyridine rings is 1. The van der Waals surface area contributed by atoms with E-state index in [9.17, 15) is 4.79 Å². The summed E-state index contributed by atoms with van der Waals surface area (Å²) in [5, 5.41) is 13.1. The number of carbonyl (C=O) groups excluding carboxylic acids is 1. The zero-order chi connectivity index (χ0) is 16.2. The largest absolute Gasteiger partial charge is 0.465 e. The molecule has 0 amide bonds. The van der Waals surface area contributed by atoms with Crippen LogP contribution in [0.5, 0.6) is 0 Å². The average molecular weight is 329 g/mol. The summed E-state index contributed by atoms with van der Waals surface area (Å²) in [5.74, 6) is 0.356. The number of hydrogen-bond donors (Lipinski definition) is 0. The lowest BCUT2D eigenvalue weighted by Crippen LogP contribution is -2.17. The fourth-order valence-corrected chi connectivity index (χ4v) is 2.80. The third-order valence-corrected chi connectivity index (χ3v) is 4.08. The first kappa shape index (κ1) is 15.4. The Morgan fingerprint density at radius 3 is 2.96 bits per heavy atom. The minimum absolute atomic E-state index is 0.254. The molecule has 0 aliphatic rings. The van der Waals surface area contributed by atoms with Crippen LogP contribution in [0, 0.1) is 0 Å². The van der Waals surface area contributed by atoms with Crippen molar-refractivity contribution in [3.63, 3.8) is 0 Å². The molecule has 0 spiro atoms. The first-order chi connectivity index (χ1) is 11.2. The molecule has 3 rings (SSSR count). The van der Waals surface area contributed by atoms with Crippen molar-refractivity contribution >= 4 is 23.4 Å². The molecule has 3 heterocycles. The minimum Gasteiger partial charge on any atom is -0.465 e. The number of fused-ring (bicyclic) bond motifs is 1. The standard InChI is InChI=1S/C15H15N5O2S/c1-3-22-15(21)10(2)23-13-7-6-12-17-18-14(20(12)19-13)11-5-4-8-16-9-11/h4-10H,3H2,1-2H3. The zero-order valence-electron chi connectivity index (χ0n) is 12.7. The van der Waals surface area contributed by atoms with Crippen LogP contribution in [-0.4, -0.2) is 42.6 Å².